The highest BCUT2D eigenvalue weighted by Crippen LogP contribution is 2.40. The third-order valence-electron chi connectivity index (χ3n) is 5.91. The lowest BCUT2D eigenvalue weighted by Gasteiger charge is -2.28. The Morgan fingerprint density at radius 3 is 2.76 bits per heavy atom. The summed E-state index contributed by atoms with van der Waals surface area (Å²) in [6.45, 7) is 8.79. The zero-order valence-corrected chi connectivity index (χ0v) is 16.1. The van der Waals surface area contributed by atoms with Gasteiger partial charge in [-0.05, 0) is 61.6 Å². The highest BCUT2D eigenvalue weighted by molar-refractivity contribution is 5.81. The highest BCUT2D eigenvalue weighted by Gasteiger charge is 2.43. The van der Waals surface area contributed by atoms with Crippen LogP contribution in [0.4, 0.5) is 5.69 Å². The topological polar surface area (TPSA) is 44.4 Å². The minimum atomic E-state index is -0.0678. The molecule has 0 spiro atoms. The SMILES string of the molecule is CNC(=O)[C@H](CC(C)C)N[C@H]1CC[C@@H]2CN(c3cccc(C)c3)C[C@@H]21. The van der Waals surface area contributed by atoms with Gasteiger partial charge in [-0.2, -0.15) is 0 Å². The lowest BCUT2D eigenvalue weighted by atomic mass is 9.95. The highest BCUT2D eigenvalue weighted by atomic mass is 16.2. The number of likely N-dealkylation sites (N-methyl/N-ethyl adjacent to an activating group) is 1. The first-order chi connectivity index (χ1) is 12.0. The Morgan fingerprint density at radius 2 is 2.08 bits per heavy atom. The molecule has 138 valence electrons. The molecule has 1 heterocycles. The van der Waals surface area contributed by atoms with Crippen LogP contribution in [0.5, 0.6) is 0 Å². The Kier molecular flexibility index (Phi) is 5.67. The summed E-state index contributed by atoms with van der Waals surface area (Å²) in [5, 5.41) is 6.55. The summed E-state index contributed by atoms with van der Waals surface area (Å²) in [5.41, 5.74) is 2.67. The number of anilines is 1. The molecule has 0 aromatic heterocycles. The molecule has 1 aliphatic carbocycles. The average Bonchev–Trinajstić information content (AvgIpc) is 3.15. The van der Waals surface area contributed by atoms with Gasteiger partial charge in [0, 0.05) is 31.9 Å². The van der Waals surface area contributed by atoms with E-state index in [1.807, 2.05) is 0 Å². The fraction of sp³-hybridized carbons (Fsp3) is 0.667. The number of aryl methyl sites for hydroxylation is 1. The average molecular weight is 344 g/mol. The molecule has 1 aromatic rings. The van der Waals surface area contributed by atoms with Crippen molar-refractivity contribution in [1.82, 2.24) is 10.6 Å². The second kappa shape index (κ2) is 7.77. The number of fused-ring (bicyclic) bond motifs is 1. The summed E-state index contributed by atoms with van der Waals surface area (Å²) in [7, 11) is 1.74. The standard InChI is InChI=1S/C21H33N3O/c1-14(2)10-20(21(25)22-4)23-19-9-8-16-12-24(13-18(16)19)17-7-5-6-15(3)11-17/h5-7,11,14,16,18-20,23H,8-10,12-13H2,1-4H3,(H,22,25)/t16-,18+,19+,20+/m1/s1. The van der Waals surface area contributed by atoms with E-state index in [1.165, 1.54) is 24.1 Å². The molecule has 3 rings (SSSR count). The Labute approximate surface area is 152 Å². The van der Waals surface area contributed by atoms with Crippen molar-refractivity contribution in [2.24, 2.45) is 17.8 Å². The second-order valence-corrected chi connectivity index (χ2v) is 8.31. The number of nitrogens with zero attached hydrogens (tertiary/aromatic N) is 1. The Bertz CT molecular complexity index is 601. The van der Waals surface area contributed by atoms with E-state index in [0.29, 0.717) is 17.9 Å². The van der Waals surface area contributed by atoms with E-state index in [9.17, 15) is 4.79 Å². The van der Waals surface area contributed by atoms with Crippen molar-refractivity contribution in [3.8, 4) is 0 Å². The van der Waals surface area contributed by atoms with Gasteiger partial charge in [-0.3, -0.25) is 4.79 Å². The first-order valence-electron chi connectivity index (χ1n) is 9.77. The van der Waals surface area contributed by atoms with E-state index in [1.54, 1.807) is 7.05 Å². The number of hydrogen-bond donors (Lipinski definition) is 2. The van der Waals surface area contributed by atoms with Gasteiger partial charge in [0.25, 0.3) is 0 Å². The molecule has 1 saturated carbocycles. The summed E-state index contributed by atoms with van der Waals surface area (Å²) in [5.74, 6) is 2.05. The maximum absolute atomic E-state index is 12.3. The zero-order chi connectivity index (χ0) is 18.0. The van der Waals surface area contributed by atoms with E-state index in [4.69, 9.17) is 0 Å². The molecule has 1 saturated heterocycles. The van der Waals surface area contributed by atoms with Crippen LogP contribution in [0.1, 0.15) is 38.7 Å². The summed E-state index contributed by atoms with van der Waals surface area (Å²) >= 11 is 0. The van der Waals surface area contributed by atoms with Crippen molar-refractivity contribution in [3.05, 3.63) is 29.8 Å². The molecule has 25 heavy (non-hydrogen) atoms. The maximum Gasteiger partial charge on any atom is 0.236 e. The summed E-state index contributed by atoms with van der Waals surface area (Å²) in [4.78, 5) is 14.8. The second-order valence-electron chi connectivity index (χ2n) is 8.31. The van der Waals surface area contributed by atoms with Crippen molar-refractivity contribution in [2.75, 3.05) is 25.0 Å². The van der Waals surface area contributed by atoms with Crippen molar-refractivity contribution in [3.63, 3.8) is 0 Å². The molecular weight excluding hydrogens is 310 g/mol. The van der Waals surface area contributed by atoms with Crippen LogP contribution in [-0.2, 0) is 4.79 Å². The lowest BCUT2D eigenvalue weighted by molar-refractivity contribution is -0.123. The molecule has 2 aliphatic rings. The summed E-state index contributed by atoms with van der Waals surface area (Å²) in [6, 6.07) is 9.21. The fourth-order valence-electron chi connectivity index (χ4n) is 4.66. The van der Waals surface area contributed by atoms with E-state index < -0.39 is 0 Å². The maximum atomic E-state index is 12.3. The Balaban J connectivity index is 1.66. The summed E-state index contributed by atoms with van der Waals surface area (Å²) in [6.07, 6.45) is 3.37. The van der Waals surface area contributed by atoms with Gasteiger partial charge >= 0.3 is 0 Å². The summed E-state index contributed by atoms with van der Waals surface area (Å²) < 4.78 is 0. The molecule has 0 unspecified atom stereocenters. The lowest BCUT2D eigenvalue weighted by Crippen LogP contribution is -2.50. The van der Waals surface area contributed by atoms with Crippen LogP contribution in [0.2, 0.25) is 0 Å². The van der Waals surface area contributed by atoms with E-state index >= 15 is 0 Å². The first kappa shape index (κ1) is 18.2. The predicted octanol–water partition coefficient (Wildman–Crippen LogP) is 2.96. The predicted molar refractivity (Wildman–Crippen MR) is 104 cm³/mol. The van der Waals surface area contributed by atoms with E-state index in [-0.39, 0.29) is 11.9 Å². The van der Waals surface area contributed by atoms with Crippen molar-refractivity contribution >= 4 is 11.6 Å². The Morgan fingerprint density at radius 1 is 1.28 bits per heavy atom. The van der Waals surface area contributed by atoms with Gasteiger partial charge in [-0.1, -0.05) is 26.0 Å². The van der Waals surface area contributed by atoms with Gasteiger partial charge in [-0.25, -0.2) is 0 Å². The molecule has 1 amide bonds. The molecule has 4 nitrogen and oxygen atoms in total. The third-order valence-corrected chi connectivity index (χ3v) is 5.91. The van der Waals surface area contributed by atoms with E-state index in [2.05, 4.69) is 60.6 Å². The number of hydrogen-bond acceptors (Lipinski definition) is 3. The van der Waals surface area contributed by atoms with Gasteiger partial charge in [-0.15, -0.1) is 0 Å². The van der Waals surface area contributed by atoms with Crippen LogP contribution in [-0.4, -0.2) is 38.1 Å². The smallest absolute Gasteiger partial charge is 0.236 e. The number of amides is 1. The van der Waals surface area contributed by atoms with Gasteiger partial charge < -0.3 is 15.5 Å². The van der Waals surface area contributed by atoms with Crippen LogP contribution in [0, 0.1) is 24.7 Å². The van der Waals surface area contributed by atoms with E-state index in [0.717, 1.165) is 25.4 Å². The fourth-order valence-corrected chi connectivity index (χ4v) is 4.66. The van der Waals surface area contributed by atoms with Gasteiger partial charge in [0.05, 0.1) is 6.04 Å². The van der Waals surface area contributed by atoms with Crippen LogP contribution in [0.25, 0.3) is 0 Å². The first-order valence-corrected chi connectivity index (χ1v) is 9.77. The van der Waals surface area contributed by atoms with Gasteiger partial charge in [0.15, 0.2) is 0 Å². The molecule has 0 radical (unpaired) electrons. The van der Waals surface area contributed by atoms with Crippen LogP contribution < -0.4 is 15.5 Å². The van der Waals surface area contributed by atoms with Crippen molar-refractivity contribution < 1.29 is 4.79 Å². The molecule has 1 aliphatic heterocycles. The van der Waals surface area contributed by atoms with Crippen LogP contribution in [0.15, 0.2) is 24.3 Å². The minimum Gasteiger partial charge on any atom is -0.371 e. The Hall–Kier alpha value is -1.55. The molecule has 2 fully saturated rings. The van der Waals surface area contributed by atoms with Gasteiger partial charge in [0.1, 0.15) is 0 Å². The minimum absolute atomic E-state index is 0.0678. The van der Waals surface area contributed by atoms with Crippen molar-refractivity contribution in [2.45, 2.75) is 52.1 Å². The number of carbonyl (C=O) groups excluding carboxylic acids is 1. The molecule has 2 N–H and O–H groups in total. The molecule has 4 atom stereocenters. The number of rotatable bonds is 6. The molecular formula is C21H33N3O. The zero-order valence-electron chi connectivity index (χ0n) is 16.1. The number of nitrogens with one attached hydrogen (secondary N) is 2. The normalized spacial score (nSPS) is 26.8. The molecule has 0 bridgehead atoms. The molecule has 4 heteroatoms. The van der Waals surface area contributed by atoms with Crippen molar-refractivity contribution in [1.29, 1.82) is 0 Å². The largest absolute Gasteiger partial charge is 0.371 e. The number of benzene rings is 1. The number of carbonyl (C=O) groups is 1. The molecule has 1 aromatic carbocycles. The third kappa shape index (κ3) is 4.17. The van der Waals surface area contributed by atoms with Gasteiger partial charge in [0.2, 0.25) is 5.91 Å². The monoisotopic (exact) mass is 343 g/mol. The van der Waals surface area contributed by atoms with Crippen LogP contribution >= 0.6 is 0 Å². The van der Waals surface area contributed by atoms with Crippen LogP contribution in [0.3, 0.4) is 0 Å². The quantitative estimate of drug-likeness (QED) is 0.835.